The average Bonchev–Trinajstić information content (AvgIpc) is 3.68. The van der Waals surface area contributed by atoms with E-state index in [4.69, 9.17) is 4.74 Å². The van der Waals surface area contributed by atoms with Crippen LogP contribution in [0.5, 0.6) is 5.75 Å². The maximum absolute atomic E-state index is 12.2. The quantitative estimate of drug-likeness (QED) is 0.468. The number of rotatable bonds is 9. The molecule has 0 radical (unpaired) electrons. The molecule has 0 saturated heterocycles. The van der Waals surface area contributed by atoms with Crippen LogP contribution in [0.4, 0.5) is 5.82 Å². The van der Waals surface area contributed by atoms with Gasteiger partial charge in [-0.2, -0.15) is 0 Å². The average molecular weight is 446 g/mol. The molecule has 0 unspecified atom stereocenters. The summed E-state index contributed by atoms with van der Waals surface area (Å²) in [5.74, 6) is 1.19. The molecule has 0 bridgehead atoms. The van der Waals surface area contributed by atoms with E-state index in [1.165, 1.54) is 6.33 Å². The maximum atomic E-state index is 12.2. The van der Waals surface area contributed by atoms with Crippen LogP contribution < -0.4 is 20.7 Å². The Labute approximate surface area is 192 Å². The van der Waals surface area contributed by atoms with E-state index in [2.05, 4.69) is 25.9 Å². The Morgan fingerprint density at radius 1 is 1.00 bits per heavy atom. The summed E-state index contributed by atoms with van der Waals surface area (Å²) in [7, 11) is 3.19. The van der Waals surface area contributed by atoms with Crippen molar-refractivity contribution in [3.63, 3.8) is 0 Å². The molecule has 33 heavy (non-hydrogen) atoms. The summed E-state index contributed by atoms with van der Waals surface area (Å²) in [6.45, 7) is 0.631. The lowest BCUT2D eigenvalue weighted by Crippen LogP contribution is -2.25. The van der Waals surface area contributed by atoms with Gasteiger partial charge in [-0.3, -0.25) is 9.59 Å². The zero-order valence-corrected chi connectivity index (χ0v) is 18.7. The molecule has 1 aliphatic carbocycles. The highest BCUT2D eigenvalue weighted by Crippen LogP contribution is 2.23. The number of benzene rings is 2. The van der Waals surface area contributed by atoms with Crippen molar-refractivity contribution in [2.45, 2.75) is 25.3 Å². The molecular weight excluding hydrogens is 418 g/mol. The Kier molecular flexibility index (Phi) is 6.83. The van der Waals surface area contributed by atoms with Crippen molar-refractivity contribution < 1.29 is 14.3 Å². The molecule has 0 atom stereocenters. The van der Waals surface area contributed by atoms with Crippen molar-refractivity contribution in [3.05, 3.63) is 71.5 Å². The van der Waals surface area contributed by atoms with Gasteiger partial charge in [0.1, 0.15) is 17.9 Å². The van der Waals surface area contributed by atoms with Crippen LogP contribution in [0.2, 0.25) is 0 Å². The number of nitrogens with zero attached hydrogens (tertiary/aromatic N) is 2. The number of hydrogen-bond donors (Lipinski definition) is 3. The molecule has 1 saturated carbocycles. The summed E-state index contributed by atoms with van der Waals surface area (Å²) in [5, 5.41) is 8.92. The van der Waals surface area contributed by atoms with Crippen LogP contribution in [0.15, 0.2) is 54.9 Å². The van der Waals surface area contributed by atoms with Gasteiger partial charge >= 0.3 is 0 Å². The number of hydrogen-bond acceptors (Lipinski definition) is 6. The molecule has 170 valence electrons. The van der Waals surface area contributed by atoms with E-state index >= 15 is 0 Å². The maximum Gasteiger partial charge on any atom is 0.251 e. The van der Waals surface area contributed by atoms with Gasteiger partial charge in [-0.1, -0.05) is 18.2 Å². The minimum Gasteiger partial charge on any atom is -0.496 e. The topological polar surface area (TPSA) is 105 Å². The fourth-order valence-corrected chi connectivity index (χ4v) is 3.46. The van der Waals surface area contributed by atoms with E-state index < -0.39 is 0 Å². The molecule has 4 rings (SSSR count). The normalized spacial score (nSPS) is 12.7. The molecule has 8 nitrogen and oxygen atoms in total. The van der Waals surface area contributed by atoms with Gasteiger partial charge in [0.15, 0.2) is 0 Å². The van der Waals surface area contributed by atoms with Gasteiger partial charge in [0.05, 0.1) is 12.8 Å². The molecule has 1 aliphatic rings. The molecule has 3 N–H and O–H groups in total. The standard InChI is InChI=1S/C25H27N5O3/c1-26-24(31)19-8-5-17(22(13-19)33-2)11-12-27-23-14-21(28-15-29-23)16-3-6-18(7-4-16)25(32)30-20-9-10-20/h3-8,13-15,20H,9-12H2,1-2H3,(H,26,31)(H,30,32)(H,27,28,29). The third kappa shape index (κ3) is 5.65. The van der Waals surface area contributed by atoms with Gasteiger partial charge in [0.2, 0.25) is 0 Å². The number of carbonyl (C=O) groups excluding carboxylic acids is 2. The molecular formula is C25H27N5O3. The summed E-state index contributed by atoms with van der Waals surface area (Å²) in [5.41, 5.74) is 3.88. The van der Waals surface area contributed by atoms with Gasteiger partial charge in [0.25, 0.3) is 11.8 Å². The van der Waals surface area contributed by atoms with E-state index in [1.54, 1.807) is 26.3 Å². The first-order chi connectivity index (χ1) is 16.1. The van der Waals surface area contributed by atoms with Crippen LogP contribution in [0.3, 0.4) is 0 Å². The summed E-state index contributed by atoms with van der Waals surface area (Å²) in [4.78, 5) is 32.7. The monoisotopic (exact) mass is 445 g/mol. The molecule has 1 aromatic heterocycles. The van der Waals surface area contributed by atoms with Gasteiger partial charge in [-0.05, 0) is 49.1 Å². The Hall–Kier alpha value is -3.94. The molecule has 0 aliphatic heterocycles. The number of aromatic nitrogens is 2. The summed E-state index contributed by atoms with van der Waals surface area (Å²) in [6.07, 6.45) is 4.34. The third-order valence-corrected chi connectivity index (χ3v) is 5.50. The molecule has 1 heterocycles. The fraction of sp³-hybridized carbons (Fsp3) is 0.280. The minimum absolute atomic E-state index is 0.0344. The largest absolute Gasteiger partial charge is 0.496 e. The summed E-state index contributed by atoms with van der Waals surface area (Å²) >= 11 is 0. The zero-order valence-electron chi connectivity index (χ0n) is 18.7. The first kappa shape index (κ1) is 22.3. The van der Waals surface area contributed by atoms with Crippen LogP contribution in [-0.2, 0) is 6.42 Å². The molecule has 1 fully saturated rings. The zero-order chi connectivity index (χ0) is 23.2. The highest BCUT2D eigenvalue weighted by Gasteiger charge is 2.23. The van der Waals surface area contributed by atoms with E-state index in [9.17, 15) is 9.59 Å². The van der Waals surface area contributed by atoms with Gasteiger partial charge in [-0.15, -0.1) is 0 Å². The predicted molar refractivity (Wildman–Crippen MR) is 127 cm³/mol. The van der Waals surface area contributed by atoms with Crippen molar-refractivity contribution in [1.29, 1.82) is 0 Å². The van der Waals surface area contributed by atoms with Crippen molar-refractivity contribution in [3.8, 4) is 17.0 Å². The Balaban J connectivity index is 1.37. The second-order valence-electron chi connectivity index (χ2n) is 7.90. The lowest BCUT2D eigenvalue weighted by molar-refractivity contribution is 0.0947. The minimum atomic E-state index is -0.150. The first-order valence-electron chi connectivity index (χ1n) is 10.9. The van der Waals surface area contributed by atoms with E-state index in [-0.39, 0.29) is 11.8 Å². The lowest BCUT2D eigenvalue weighted by Gasteiger charge is -2.12. The van der Waals surface area contributed by atoms with Gasteiger partial charge in [-0.25, -0.2) is 9.97 Å². The van der Waals surface area contributed by atoms with Crippen LogP contribution in [-0.4, -0.2) is 48.5 Å². The molecule has 3 aromatic rings. The van der Waals surface area contributed by atoms with Crippen molar-refractivity contribution in [2.75, 3.05) is 26.0 Å². The summed E-state index contributed by atoms with van der Waals surface area (Å²) < 4.78 is 5.45. The third-order valence-electron chi connectivity index (χ3n) is 5.50. The molecule has 2 amide bonds. The molecule has 8 heteroatoms. The van der Waals surface area contributed by atoms with Crippen molar-refractivity contribution in [2.24, 2.45) is 0 Å². The summed E-state index contributed by atoms with van der Waals surface area (Å²) in [6, 6.07) is 15.1. The van der Waals surface area contributed by atoms with Crippen LogP contribution in [0.25, 0.3) is 11.3 Å². The highest BCUT2D eigenvalue weighted by atomic mass is 16.5. The second-order valence-corrected chi connectivity index (χ2v) is 7.90. The first-order valence-corrected chi connectivity index (χ1v) is 10.9. The SMILES string of the molecule is CNC(=O)c1ccc(CCNc2cc(-c3ccc(C(=O)NC4CC4)cc3)ncn2)c(OC)c1. The van der Waals surface area contributed by atoms with Crippen molar-refractivity contribution >= 4 is 17.6 Å². The lowest BCUT2D eigenvalue weighted by atomic mass is 10.1. The van der Waals surface area contributed by atoms with Crippen LogP contribution in [0, 0.1) is 0 Å². The number of nitrogens with one attached hydrogen (secondary N) is 3. The Morgan fingerprint density at radius 2 is 1.76 bits per heavy atom. The van der Waals surface area contributed by atoms with Crippen LogP contribution in [0.1, 0.15) is 39.1 Å². The molecule has 0 spiro atoms. The number of ether oxygens (including phenoxy) is 1. The highest BCUT2D eigenvalue weighted by molar-refractivity contribution is 5.95. The fourth-order valence-electron chi connectivity index (χ4n) is 3.46. The van der Waals surface area contributed by atoms with Gasteiger partial charge < -0.3 is 20.7 Å². The second kappa shape index (κ2) is 10.1. The number of amides is 2. The van der Waals surface area contributed by atoms with E-state index in [0.29, 0.717) is 41.7 Å². The Bertz CT molecular complexity index is 1140. The van der Waals surface area contributed by atoms with E-state index in [1.807, 2.05) is 36.4 Å². The Morgan fingerprint density at radius 3 is 2.45 bits per heavy atom. The van der Waals surface area contributed by atoms with Gasteiger partial charge in [0, 0.05) is 42.4 Å². The smallest absolute Gasteiger partial charge is 0.251 e. The van der Waals surface area contributed by atoms with Crippen molar-refractivity contribution in [1.82, 2.24) is 20.6 Å². The number of methoxy groups -OCH3 is 1. The van der Waals surface area contributed by atoms with Crippen LogP contribution >= 0.6 is 0 Å². The number of carbonyl (C=O) groups is 2. The predicted octanol–water partition coefficient (Wildman–Crippen LogP) is 3.06. The number of anilines is 1. The van der Waals surface area contributed by atoms with E-state index in [0.717, 1.165) is 29.7 Å². The molecule has 2 aromatic carbocycles.